The fourth-order valence-corrected chi connectivity index (χ4v) is 3.91. The SMILES string of the molecule is CC1(C)OB(c2cccc(N3CC4(CCOCC4)C3)c2)OC1(C)C. The summed E-state index contributed by atoms with van der Waals surface area (Å²) in [5, 5.41) is 0. The van der Waals surface area contributed by atoms with Crippen molar-refractivity contribution < 1.29 is 14.0 Å². The molecule has 130 valence electrons. The van der Waals surface area contributed by atoms with Crippen molar-refractivity contribution in [3.8, 4) is 0 Å². The van der Waals surface area contributed by atoms with E-state index in [1.165, 1.54) is 18.5 Å². The molecule has 0 aliphatic carbocycles. The first-order valence-electron chi connectivity index (χ1n) is 9.09. The summed E-state index contributed by atoms with van der Waals surface area (Å²) in [6, 6.07) is 8.65. The zero-order valence-electron chi connectivity index (χ0n) is 15.3. The van der Waals surface area contributed by atoms with Gasteiger partial charge in [-0.25, -0.2) is 0 Å². The molecule has 0 N–H and O–H groups in total. The summed E-state index contributed by atoms with van der Waals surface area (Å²) in [6.45, 7) is 12.5. The highest BCUT2D eigenvalue weighted by atomic mass is 16.7. The average molecular weight is 329 g/mol. The van der Waals surface area contributed by atoms with E-state index < -0.39 is 0 Å². The largest absolute Gasteiger partial charge is 0.494 e. The molecule has 4 nitrogen and oxygen atoms in total. The van der Waals surface area contributed by atoms with E-state index in [1.54, 1.807) is 0 Å². The smallest absolute Gasteiger partial charge is 0.399 e. The zero-order chi connectivity index (χ0) is 17.0. The number of anilines is 1. The molecule has 3 aliphatic heterocycles. The molecule has 0 atom stereocenters. The molecule has 0 unspecified atom stereocenters. The van der Waals surface area contributed by atoms with E-state index in [0.29, 0.717) is 5.41 Å². The van der Waals surface area contributed by atoms with Gasteiger partial charge in [0.2, 0.25) is 0 Å². The molecule has 3 heterocycles. The van der Waals surface area contributed by atoms with E-state index in [-0.39, 0.29) is 18.3 Å². The molecule has 1 aromatic rings. The Morgan fingerprint density at radius 3 is 2.21 bits per heavy atom. The van der Waals surface area contributed by atoms with Crippen LogP contribution < -0.4 is 10.4 Å². The van der Waals surface area contributed by atoms with Crippen LogP contribution in [-0.2, 0) is 14.0 Å². The van der Waals surface area contributed by atoms with Crippen LogP contribution in [0.15, 0.2) is 24.3 Å². The third-order valence-electron chi connectivity index (χ3n) is 6.37. The Kier molecular flexibility index (Phi) is 3.75. The molecule has 0 saturated carbocycles. The van der Waals surface area contributed by atoms with Crippen LogP contribution in [0.2, 0.25) is 0 Å². The van der Waals surface area contributed by atoms with Gasteiger partial charge in [-0.05, 0) is 58.1 Å². The van der Waals surface area contributed by atoms with Gasteiger partial charge in [-0.2, -0.15) is 0 Å². The van der Waals surface area contributed by atoms with Crippen molar-refractivity contribution in [2.75, 3.05) is 31.2 Å². The molecule has 0 amide bonds. The van der Waals surface area contributed by atoms with Crippen molar-refractivity contribution in [2.24, 2.45) is 5.41 Å². The van der Waals surface area contributed by atoms with Gasteiger partial charge in [0.05, 0.1) is 11.2 Å². The number of hydrogen-bond acceptors (Lipinski definition) is 4. The van der Waals surface area contributed by atoms with Crippen LogP contribution in [0.1, 0.15) is 40.5 Å². The molecule has 0 aromatic heterocycles. The van der Waals surface area contributed by atoms with Crippen molar-refractivity contribution >= 4 is 18.3 Å². The van der Waals surface area contributed by atoms with Crippen LogP contribution >= 0.6 is 0 Å². The van der Waals surface area contributed by atoms with Crippen molar-refractivity contribution in [2.45, 2.75) is 51.7 Å². The summed E-state index contributed by atoms with van der Waals surface area (Å²) in [5.74, 6) is 0. The van der Waals surface area contributed by atoms with Crippen LogP contribution in [0.3, 0.4) is 0 Å². The molecular weight excluding hydrogens is 301 g/mol. The molecule has 3 fully saturated rings. The summed E-state index contributed by atoms with van der Waals surface area (Å²) in [5.41, 5.74) is 2.28. The van der Waals surface area contributed by atoms with Gasteiger partial charge < -0.3 is 18.9 Å². The Bertz CT molecular complexity index is 601. The summed E-state index contributed by atoms with van der Waals surface area (Å²) in [4.78, 5) is 2.47. The molecule has 5 heteroatoms. The molecule has 1 spiro atoms. The first-order valence-corrected chi connectivity index (χ1v) is 9.09. The molecule has 1 aromatic carbocycles. The average Bonchev–Trinajstić information content (AvgIpc) is 2.74. The van der Waals surface area contributed by atoms with E-state index in [0.717, 1.165) is 31.8 Å². The Labute approximate surface area is 145 Å². The quantitative estimate of drug-likeness (QED) is 0.781. The predicted molar refractivity (Wildman–Crippen MR) is 96.9 cm³/mol. The van der Waals surface area contributed by atoms with E-state index in [1.807, 2.05) is 0 Å². The predicted octanol–water partition coefficient (Wildman–Crippen LogP) is 2.60. The number of nitrogens with zero attached hydrogens (tertiary/aromatic N) is 1. The van der Waals surface area contributed by atoms with Crippen molar-refractivity contribution in [1.82, 2.24) is 0 Å². The second kappa shape index (κ2) is 5.48. The van der Waals surface area contributed by atoms with Crippen LogP contribution in [0.4, 0.5) is 5.69 Å². The molecule has 3 saturated heterocycles. The number of benzene rings is 1. The van der Waals surface area contributed by atoms with E-state index in [9.17, 15) is 0 Å². The lowest BCUT2D eigenvalue weighted by atomic mass is 9.72. The highest BCUT2D eigenvalue weighted by Crippen LogP contribution is 2.42. The van der Waals surface area contributed by atoms with Crippen LogP contribution in [0.25, 0.3) is 0 Å². The minimum absolute atomic E-state index is 0.284. The molecule has 0 radical (unpaired) electrons. The lowest BCUT2D eigenvalue weighted by Gasteiger charge is -2.53. The van der Waals surface area contributed by atoms with E-state index in [4.69, 9.17) is 14.0 Å². The minimum Gasteiger partial charge on any atom is -0.399 e. The Morgan fingerprint density at radius 2 is 1.58 bits per heavy atom. The van der Waals surface area contributed by atoms with Gasteiger partial charge in [-0.3, -0.25) is 0 Å². The normalized spacial score (nSPS) is 27.3. The lowest BCUT2D eigenvalue weighted by molar-refractivity contribution is -0.000186. The Balaban J connectivity index is 1.48. The van der Waals surface area contributed by atoms with Gasteiger partial charge in [-0.15, -0.1) is 0 Å². The molecule has 3 aliphatic rings. The van der Waals surface area contributed by atoms with Gasteiger partial charge >= 0.3 is 7.12 Å². The van der Waals surface area contributed by atoms with Gasteiger partial charge in [0.25, 0.3) is 0 Å². The second-order valence-electron chi connectivity index (χ2n) is 8.65. The lowest BCUT2D eigenvalue weighted by Crippen LogP contribution is -2.58. The first kappa shape index (κ1) is 16.4. The zero-order valence-corrected chi connectivity index (χ0v) is 15.3. The fraction of sp³-hybridized carbons (Fsp3) is 0.684. The van der Waals surface area contributed by atoms with Crippen LogP contribution in [0, 0.1) is 5.41 Å². The van der Waals surface area contributed by atoms with E-state index >= 15 is 0 Å². The highest BCUT2D eigenvalue weighted by Gasteiger charge is 2.52. The molecule has 24 heavy (non-hydrogen) atoms. The van der Waals surface area contributed by atoms with E-state index in [2.05, 4.69) is 56.9 Å². The Hall–Kier alpha value is -1.04. The van der Waals surface area contributed by atoms with Gasteiger partial charge in [0.15, 0.2) is 0 Å². The molecule has 0 bridgehead atoms. The third kappa shape index (κ3) is 2.67. The Morgan fingerprint density at radius 1 is 0.958 bits per heavy atom. The second-order valence-corrected chi connectivity index (χ2v) is 8.65. The third-order valence-corrected chi connectivity index (χ3v) is 6.37. The van der Waals surface area contributed by atoms with Crippen molar-refractivity contribution in [1.29, 1.82) is 0 Å². The standard InChI is InChI=1S/C19H28BNO3/c1-17(2)18(3,4)24-20(23-17)15-6-5-7-16(12-15)21-13-19(14-21)8-10-22-11-9-19/h5-7,12H,8-11,13-14H2,1-4H3. The number of ether oxygens (including phenoxy) is 1. The fourth-order valence-electron chi connectivity index (χ4n) is 3.91. The van der Waals surface area contributed by atoms with Gasteiger partial charge in [0.1, 0.15) is 0 Å². The monoisotopic (exact) mass is 329 g/mol. The summed E-state index contributed by atoms with van der Waals surface area (Å²) < 4.78 is 17.9. The number of rotatable bonds is 2. The first-order chi connectivity index (χ1) is 11.3. The maximum absolute atomic E-state index is 6.19. The molecule has 4 rings (SSSR count). The van der Waals surface area contributed by atoms with Gasteiger partial charge in [-0.1, -0.05) is 12.1 Å². The van der Waals surface area contributed by atoms with Crippen molar-refractivity contribution in [3.05, 3.63) is 24.3 Å². The summed E-state index contributed by atoms with van der Waals surface area (Å²) >= 11 is 0. The van der Waals surface area contributed by atoms with Crippen molar-refractivity contribution in [3.63, 3.8) is 0 Å². The van der Waals surface area contributed by atoms with Crippen LogP contribution in [0.5, 0.6) is 0 Å². The van der Waals surface area contributed by atoms with Crippen LogP contribution in [-0.4, -0.2) is 44.6 Å². The summed E-state index contributed by atoms with van der Waals surface area (Å²) in [7, 11) is -0.284. The summed E-state index contributed by atoms with van der Waals surface area (Å²) in [6.07, 6.45) is 2.39. The maximum Gasteiger partial charge on any atom is 0.494 e. The highest BCUT2D eigenvalue weighted by molar-refractivity contribution is 6.62. The number of hydrogen-bond donors (Lipinski definition) is 0. The maximum atomic E-state index is 6.19. The van der Waals surface area contributed by atoms with Gasteiger partial charge in [0, 0.05) is 37.4 Å². The topological polar surface area (TPSA) is 30.9 Å². The minimum atomic E-state index is -0.295. The molecular formula is C19H28BNO3.